The molecule has 0 saturated heterocycles. The zero-order valence-electron chi connectivity index (χ0n) is 15.1. The Kier molecular flexibility index (Phi) is 4.64. The number of benzene rings is 2. The molecule has 0 fully saturated rings. The standard InChI is InChI=1S/C21H26N2S/c1-14(2)22-16-6-8-17(9-7-16)24-18-10-11-20-19(12-18)15(3)13-21(4,5)23-20/h6-14,22-23H,1-5H3. The molecule has 0 unspecified atom stereocenters. The van der Waals surface area contributed by atoms with E-state index in [0.717, 1.165) is 0 Å². The molecule has 0 amide bonds. The van der Waals surface area contributed by atoms with Crippen molar-refractivity contribution >= 4 is 28.7 Å². The minimum atomic E-state index is 0.0188. The summed E-state index contributed by atoms with van der Waals surface area (Å²) in [5.74, 6) is 0. The van der Waals surface area contributed by atoms with Crippen LogP contribution in [0.15, 0.2) is 58.3 Å². The molecule has 0 aromatic heterocycles. The molecule has 2 N–H and O–H groups in total. The monoisotopic (exact) mass is 338 g/mol. The maximum Gasteiger partial charge on any atom is 0.0505 e. The lowest BCUT2D eigenvalue weighted by atomic mass is 9.91. The summed E-state index contributed by atoms with van der Waals surface area (Å²) in [5.41, 5.74) is 5.06. The third kappa shape index (κ3) is 3.96. The molecular formula is C21H26N2S. The molecule has 1 heterocycles. The Bertz CT molecular complexity index is 758. The molecule has 0 saturated carbocycles. The van der Waals surface area contributed by atoms with Gasteiger partial charge in [-0.15, -0.1) is 0 Å². The minimum absolute atomic E-state index is 0.0188. The van der Waals surface area contributed by atoms with Crippen LogP contribution in [-0.4, -0.2) is 11.6 Å². The molecule has 0 spiro atoms. The van der Waals surface area contributed by atoms with Gasteiger partial charge < -0.3 is 10.6 Å². The second-order valence-corrected chi connectivity index (χ2v) is 8.45. The van der Waals surface area contributed by atoms with Gasteiger partial charge in [-0.1, -0.05) is 17.8 Å². The molecule has 2 aromatic rings. The fourth-order valence-corrected chi connectivity index (χ4v) is 3.97. The molecule has 0 bridgehead atoms. The summed E-state index contributed by atoms with van der Waals surface area (Å²) >= 11 is 1.81. The molecular weight excluding hydrogens is 312 g/mol. The van der Waals surface area contributed by atoms with Crippen LogP contribution in [0.4, 0.5) is 11.4 Å². The van der Waals surface area contributed by atoms with Crippen LogP contribution in [0.3, 0.4) is 0 Å². The van der Waals surface area contributed by atoms with E-state index >= 15 is 0 Å². The topological polar surface area (TPSA) is 24.1 Å². The number of fused-ring (bicyclic) bond motifs is 1. The smallest absolute Gasteiger partial charge is 0.0505 e. The van der Waals surface area contributed by atoms with Gasteiger partial charge in [-0.25, -0.2) is 0 Å². The van der Waals surface area contributed by atoms with Crippen molar-refractivity contribution in [3.63, 3.8) is 0 Å². The van der Waals surface area contributed by atoms with Crippen molar-refractivity contribution in [2.24, 2.45) is 0 Å². The molecule has 3 rings (SSSR count). The Balaban J connectivity index is 1.78. The van der Waals surface area contributed by atoms with E-state index in [9.17, 15) is 0 Å². The van der Waals surface area contributed by atoms with Gasteiger partial charge in [0.15, 0.2) is 0 Å². The number of hydrogen-bond donors (Lipinski definition) is 2. The zero-order valence-corrected chi connectivity index (χ0v) is 15.9. The van der Waals surface area contributed by atoms with E-state index in [0.29, 0.717) is 6.04 Å². The largest absolute Gasteiger partial charge is 0.383 e. The summed E-state index contributed by atoms with van der Waals surface area (Å²) < 4.78 is 0. The number of rotatable bonds is 4. The van der Waals surface area contributed by atoms with Gasteiger partial charge in [0.05, 0.1) is 5.54 Å². The van der Waals surface area contributed by atoms with Gasteiger partial charge in [0.25, 0.3) is 0 Å². The molecule has 1 aliphatic heterocycles. The molecule has 1 aliphatic rings. The SMILES string of the molecule is CC1=CC(C)(C)Nc2ccc(Sc3ccc(NC(C)C)cc3)cc21. The molecule has 0 atom stereocenters. The van der Waals surface area contributed by atoms with Crippen LogP contribution < -0.4 is 10.6 Å². The van der Waals surface area contributed by atoms with Crippen molar-refractivity contribution < 1.29 is 0 Å². The van der Waals surface area contributed by atoms with E-state index in [-0.39, 0.29) is 5.54 Å². The summed E-state index contributed by atoms with van der Waals surface area (Å²) in [6.07, 6.45) is 2.30. The maximum absolute atomic E-state index is 3.59. The number of anilines is 2. The summed E-state index contributed by atoms with van der Waals surface area (Å²) in [7, 11) is 0. The molecule has 126 valence electrons. The highest BCUT2D eigenvalue weighted by molar-refractivity contribution is 7.99. The van der Waals surface area contributed by atoms with Gasteiger partial charge in [-0.05, 0) is 82.7 Å². The average Bonchev–Trinajstić information content (AvgIpc) is 2.48. The van der Waals surface area contributed by atoms with E-state index in [1.165, 1.54) is 32.3 Å². The summed E-state index contributed by atoms with van der Waals surface area (Å²) in [5, 5.41) is 7.01. The van der Waals surface area contributed by atoms with Crippen molar-refractivity contribution in [3.05, 3.63) is 54.1 Å². The number of nitrogens with one attached hydrogen (secondary N) is 2. The number of hydrogen-bond acceptors (Lipinski definition) is 3. The van der Waals surface area contributed by atoms with Gasteiger partial charge in [0.2, 0.25) is 0 Å². The second kappa shape index (κ2) is 6.56. The Hall–Kier alpha value is -1.87. The molecule has 3 heteroatoms. The van der Waals surface area contributed by atoms with Crippen LogP contribution in [0.5, 0.6) is 0 Å². The van der Waals surface area contributed by atoms with E-state index in [4.69, 9.17) is 0 Å². The van der Waals surface area contributed by atoms with Crippen molar-refractivity contribution in [2.75, 3.05) is 10.6 Å². The average molecular weight is 339 g/mol. The minimum Gasteiger partial charge on any atom is -0.383 e. The van der Waals surface area contributed by atoms with Crippen molar-refractivity contribution in [2.45, 2.75) is 56.0 Å². The first kappa shape index (κ1) is 17.0. The van der Waals surface area contributed by atoms with Gasteiger partial charge in [0.1, 0.15) is 0 Å². The first-order chi connectivity index (χ1) is 11.3. The van der Waals surface area contributed by atoms with Crippen molar-refractivity contribution in [1.29, 1.82) is 0 Å². The van der Waals surface area contributed by atoms with Crippen LogP contribution in [0.25, 0.3) is 5.57 Å². The van der Waals surface area contributed by atoms with Crippen LogP contribution in [0.1, 0.15) is 40.2 Å². The predicted octanol–water partition coefficient (Wildman–Crippen LogP) is 6.27. The van der Waals surface area contributed by atoms with E-state index in [1.807, 2.05) is 11.8 Å². The fraction of sp³-hybridized carbons (Fsp3) is 0.333. The summed E-state index contributed by atoms with van der Waals surface area (Å²) in [6.45, 7) is 10.9. The van der Waals surface area contributed by atoms with Gasteiger partial charge in [0, 0.05) is 32.8 Å². The van der Waals surface area contributed by atoms with Crippen molar-refractivity contribution in [1.82, 2.24) is 0 Å². The van der Waals surface area contributed by atoms with Crippen LogP contribution in [-0.2, 0) is 0 Å². The first-order valence-electron chi connectivity index (χ1n) is 8.49. The Morgan fingerprint density at radius 1 is 1.00 bits per heavy atom. The molecule has 2 nitrogen and oxygen atoms in total. The summed E-state index contributed by atoms with van der Waals surface area (Å²) in [6, 6.07) is 15.8. The fourth-order valence-electron chi connectivity index (χ4n) is 3.11. The Labute approximate surface area is 149 Å². The lowest BCUT2D eigenvalue weighted by molar-refractivity contribution is 0.707. The van der Waals surface area contributed by atoms with Crippen molar-refractivity contribution in [3.8, 4) is 0 Å². The van der Waals surface area contributed by atoms with E-state index < -0.39 is 0 Å². The molecule has 0 radical (unpaired) electrons. The first-order valence-corrected chi connectivity index (χ1v) is 9.30. The third-order valence-electron chi connectivity index (χ3n) is 4.00. The van der Waals surface area contributed by atoms with E-state index in [1.54, 1.807) is 0 Å². The highest BCUT2D eigenvalue weighted by atomic mass is 32.2. The third-order valence-corrected chi connectivity index (χ3v) is 4.99. The summed E-state index contributed by atoms with van der Waals surface area (Å²) in [4.78, 5) is 2.53. The Morgan fingerprint density at radius 2 is 1.67 bits per heavy atom. The van der Waals surface area contributed by atoms with Crippen LogP contribution >= 0.6 is 11.8 Å². The lowest BCUT2D eigenvalue weighted by Gasteiger charge is -2.31. The zero-order chi connectivity index (χ0) is 17.3. The lowest BCUT2D eigenvalue weighted by Crippen LogP contribution is -2.31. The van der Waals surface area contributed by atoms with Gasteiger partial charge >= 0.3 is 0 Å². The Morgan fingerprint density at radius 3 is 2.33 bits per heavy atom. The van der Waals surface area contributed by atoms with Crippen LogP contribution in [0, 0.1) is 0 Å². The molecule has 24 heavy (non-hydrogen) atoms. The normalized spacial score (nSPS) is 15.5. The quantitative estimate of drug-likeness (QED) is 0.687. The maximum atomic E-state index is 3.59. The molecule has 0 aliphatic carbocycles. The van der Waals surface area contributed by atoms with Gasteiger partial charge in [-0.2, -0.15) is 0 Å². The second-order valence-electron chi connectivity index (χ2n) is 7.31. The molecule has 2 aromatic carbocycles. The van der Waals surface area contributed by atoms with Crippen LogP contribution in [0.2, 0.25) is 0 Å². The highest BCUT2D eigenvalue weighted by Crippen LogP contribution is 2.37. The van der Waals surface area contributed by atoms with Gasteiger partial charge in [-0.3, -0.25) is 0 Å². The predicted molar refractivity (Wildman–Crippen MR) is 107 cm³/mol. The number of allylic oxidation sites excluding steroid dienone is 1. The van der Waals surface area contributed by atoms with E-state index in [2.05, 4.69) is 93.8 Å². The highest BCUT2D eigenvalue weighted by Gasteiger charge is 2.22.